The minimum absolute atomic E-state index is 0.172. The summed E-state index contributed by atoms with van der Waals surface area (Å²) in [6.45, 7) is 2.20. The molecule has 0 bridgehead atoms. The number of thiophene rings is 1. The van der Waals surface area contributed by atoms with Crippen LogP contribution in [0.3, 0.4) is 0 Å². The summed E-state index contributed by atoms with van der Waals surface area (Å²) in [5, 5.41) is 6.98. The van der Waals surface area contributed by atoms with E-state index in [1.54, 1.807) is 25.1 Å². The van der Waals surface area contributed by atoms with Gasteiger partial charge in [0.2, 0.25) is 0 Å². The van der Waals surface area contributed by atoms with Crippen LogP contribution in [0.1, 0.15) is 26.7 Å². The molecular weight excluding hydrogens is 319 g/mol. The average Bonchev–Trinajstić information content (AvgIpc) is 3.10. The van der Waals surface area contributed by atoms with Crippen molar-refractivity contribution in [1.82, 2.24) is 10.5 Å². The molecule has 2 aromatic heterocycles. The summed E-state index contributed by atoms with van der Waals surface area (Å²) in [7, 11) is 1.52. The molecule has 3 rings (SSSR count). The Bertz CT molecular complexity index is 856. The zero-order valence-corrected chi connectivity index (χ0v) is 13.5. The number of hydrogen-bond acceptors (Lipinski definition) is 5. The summed E-state index contributed by atoms with van der Waals surface area (Å²) in [5.41, 5.74) is 1.31. The molecule has 3 aromatic rings. The number of halogens is 1. The summed E-state index contributed by atoms with van der Waals surface area (Å²) in [6.07, 6.45) is 0. The molecule has 0 fully saturated rings. The quantitative estimate of drug-likeness (QED) is 0.776. The maximum atomic E-state index is 14.1. The Hall–Kier alpha value is -2.25. The zero-order valence-electron chi connectivity index (χ0n) is 12.7. The van der Waals surface area contributed by atoms with Gasteiger partial charge in [-0.15, -0.1) is 11.3 Å². The maximum Gasteiger partial charge on any atom is 0.262 e. The summed E-state index contributed by atoms with van der Waals surface area (Å²) < 4.78 is 25.0. The Morgan fingerprint density at radius 3 is 3.00 bits per heavy atom. The van der Waals surface area contributed by atoms with E-state index < -0.39 is 0 Å². The van der Waals surface area contributed by atoms with Gasteiger partial charge in [-0.3, -0.25) is 4.79 Å². The molecule has 1 aromatic carbocycles. The third-order valence-corrected chi connectivity index (χ3v) is 4.55. The molecule has 1 amide bonds. The number of ether oxygens (including phenoxy) is 1. The monoisotopic (exact) mass is 334 g/mol. The third kappa shape index (κ3) is 3.11. The van der Waals surface area contributed by atoms with E-state index in [-0.39, 0.29) is 24.9 Å². The molecule has 23 heavy (non-hydrogen) atoms. The topological polar surface area (TPSA) is 64.4 Å². The van der Waals surface area contributed by atoms with Gasteiger partial charge in [0.15, 0.2) is 5.76 Å². The second-order valence-electron chi connectivity index (χ2n) is 5.07. The lowest BCUT2D eigenvalue weighted by Crippen LogP contribution is -2.22. The zero-order chi connectivity index (χ0) is 16.4. The van der Waals surface area contributed by atoms with Crippen LogP contribution in [0.25, 0.3) is 10.1 Å². The van der Waals surface area contributed by atoms with E-state index in [4.69, 9.17) is 9.26 Å². The molecule has 7 heteroatoms. The largest absolute Gasteiger partial charge is 0.380 e. The second kappa shape index (κ2) is 6.47. The fourth-order valence-electron chi connectivity index (χ4n) is 2.38. The molecule has 0 spiro atoms. The minimum atomic E-state index is -0.351. The summed E-state index contributed by atoms with van der Waals surface area (Å²) in [4.78, 5) is 12.9. The van der Waals surface area contributed by atoms with E-state index >= 15 is 0 Å². The molecule has 0 aliphatic rings. The Kier molecular flexibility index (Phi) is 4.40. The Morgan fingerprint density at radius 2 is 2.30 bits per heavy atom. The SMILES string of the molecule is COCc1c(C(=O)NCc2cc(C)no2)sc2cccc(F)c12. The van der Waals surface area contributed by atoms with Crippen molar-refractivity contribution in [3.8, 4) is 0 Å². The maximum absolute atomic E-state index is 14.1. The number of carbonyl (C=O) groups excluding carboxylic acids is 1. The van der Waals surface area contributed by atoms with E-state index in [0.717, 1.165) is 10.4 Å². The van der Waals surface area contributed by atoms with Crippen LogP contribution in [0.15, 0.2) is 28.8 Å². The number of methoxy groups -OCH3 is 1. The van der Waals surface area contributed by atoms with E-state index in [9.17, 15) is 9.18 Å². The van der Waals surface area contributed by atoms with Crippen molar-refractivity contribution in [2.75, 3.05) is 7.11 Å². The fourth-order valence-corrected chi connectivity index (χ4v) is 3.52. The van der Waals surface area contributed by atoms with Gasteiger partial charge in [0.25, 0.3) is 5.91 Å². The predicted octanol–water partition coefficient (Wildman–Crippen LogP) is 3.41. The van der Waals surface area contributed by atoms with Crippen LogP contribution in [0.2, 0.25) is 0 Å². The number of benzene rings is 1. The molecular formula is C16H15FN2O3S. The smallest absolute Gasteiger partial charge is 0.262 e. The standard InChI is InChI=1S/C16H15FN2O3S/c1-9-6-10(22-19-9)7-18-16(20)15-11(8-21-2)14-12(17)4-3-5-13(14)23-15/h3-6H,7-8H2,1-2H3,(H,18,20). The molecule has 0 radical (unpaired) electrons. The van der Waals surface area contributed by atoms with Crippen molar-refractivity contribution in [3.05, 3.63) is 52.0 Å². The lowest BCUT2D eigenvalue weighted by molar-refractivity contribution is 0.0947. The fraction of sp³-hybridized carbons (Fsp3) is 0.250. The van der Waals surface area contributed by atoms with Gasteiger partial charge in [-0.05, 0) is 19.1 Å². The highest BCUT2D eigenvalue weighted by atomic mass is 32.1. The van der Waals surface area contributed by atoms with E-state index in [1.807, 2.05) is 0 Å². The lowest BCUT2D eigenvalue weighted by atomic mass is 10.1. The minimum Gasteiger partial charge on any atom is -0.380 e. The molecule has 0 aliphatic heterocycles. The Morgan fingerprint density at radius 1 is 1.48 bits per heavy atom. The average molecular weight is 334 g/mol. The van der Waals surface area contributed by atoms with Crippen molar-refractivity contribution in [3.63, 3.8) is 0 Å². The van der Waals surface area contributed by atoms with Gasteiger partial charge in [0, 0.05) is 28.8 Å². The van der Waals surface area contributed by atoms with E-state index in [1.165, 1.54) is 24.5 Å². The number of aromatic nitrogens is 1. The van der Waals surface area contributed by atoms with Gasteiger partial charge in [0.05, 0.1) is 23.7 Å². The first-order chi connectivity index (χ1) is 11.1. The van der Waals surface area contributed by atoms with Crippen LogP contribution >= 0.6 is 11.3 Å². The summed E-state index contributed by atoms with van der Waals surface area (Å²) >= 11 is 1.25. The number of amides is 1. The number of nitrogens with zero attached hydrogens (tertiary/aromatic N) is 1. The highest BCUT2D eigenvalue weighted by Gasteiger charge is 2.20. The number of rotatable bonds is 5. The first-order valence-electron chi connectivity index (χ1n) is 6.99. The first kappa shape index (κ1) is 15.6. The molecule has 0 unspecified atom stereocenters. The molecule has 120 valence electrons. The number of nitrogens with one attached hydrogen (secondary N) is 1. The molecule has 2 heterocycles. The van der Waals surface area contributed by atoms with E-state index in [0.29, 0.717) is 21.6 Å². The Labute approximate surface area is 136 Å². The molecule has 0 atom stereocenters. The van der Waals surface area contributed by atoms with Crippen molar-refractivity contribution in [2.24, 2.45) is 0 Å². The van der Waals surface area contributed by atoms with Gasteiger partial charge in [-0.1, -0.05) is 11.2 Å². The molecule has 1 N–H and O–H groups in total. The van der Waals surface area contributed by atoms with Gasteiger partial charge >= 0.3 is 0 Å². The lowest BCUT2D eigenvalue weighted by Gasteiger charge is -2.05. The molecule has 5 nitrogen and oxygen atoms in total. The van der Waals surface area contributed by atoms with Crippen LogP contribution in [-0.4, -0.2) is 18.2 Å². The third-order valence-electron chi connectivity index (χ3n) is 3.36. The molecule has 0 saturated heterocycles. The highest BCUT2D eigenvalue weighted by molar-refractivity contribution is 7.21. The predicted molar refractivity (Wildman–Crippen MR) is 84.9 cm³/mol. The van der Waals surface area contributed by atoms with Gasteiger partial charge in [0.1, 0.15) is 5.82 Å². The van der Waals surface area contributed by atoms with Crippen molar-refractivity contribution >= 4 is 27.3 Å². The Balaban J connectivity index is 1.90. The van der Waals surface area contributed by atoms with Crippen LogP contribution in [0, 0.1) is 12.7 Å². The van der Waals surface area contributed by atoms with Crippen LogP contribution < -0.4 is 5.32 Å². The number of carbonyl (C=O) groups is 1. The molecule has 0 aliphatic carbocycles. The van der Waals surface area contributed by atoms with Crippen molar-refractivity contribution in [1.29, 1.82) is 0 Å². The summed E-state index contributed by atoms with van der Waals surface area (Å²) in [5.74, 6) is -0.0705. The van der Waals surface area contributed by atoms with Gasteiger partial charge < -0.3 is 14.6 Å². The van der Waals surface area contributed by atoms with Crippen LogP contribution in [0.5, 0.6) is 0 Å². The van der Waals surface area contributed by atoms with Gasteiger partial charge in [-0.2, -0.15) is 0 Å². The normalized spacial score (nSPS) is 11.1. The number of hydrogen-bond donors (Lipinski definition) is 1. The number of fused-ring (bicyclic) bond motifs is 1. The van der Waals surface area contributed by atoms with Crippen molar-refractivity contribution in [2.45, 2.75) is 20.1 Å². The summed E-state index contributed by atoms with van der Waals surface area (Å²) in [6, 6.07) is 6.55. The van der Waals surface area contributed by atoms with E-state index in [2.05, 4.69) is 10.5 Å². The van der Waals surface area contributed by atoms with Crippen LogP contribution in [0.4, 0.5) is 4.39 Å². The highest BCUT2D eigenvalue weighted by Crippen LogP contribution is 2.33. The van der Waals surface area contributed by atoms with Gasteiger partial charge in [-0.25, -0.2) is 4.39 Å². The number of aryl methyl sites for hydroxylation is 1. The second-order valence-corrected chi connectivity index (χ2v) is 6.13. The van der Waals surface area contributed by atoms with Crippen molar-refractivity contribution < 1.29 is 18.4 Å². The first-order valence-corrected chi connectivity index (χ1v) is 7.81. The molecule has 0 saturated carbocycles. The van der Waals surface area contributed by atoms with Crippen LogP contribution in [-0.2, 0) is 17.9 Å².